The molecule has 2 aliphatic rings. The first-order valence-electron chi connectivity index (χ1n) is 40.1. The van der Waals surface area contributed by atoms with E-state index in [0.717, 1.165) is 178 Å². The molecule has 2 aliphatic carbocycles. The van der Waals surface area contributed by atoms with Gasteiger partial charge in [-0.15, -0.1) is 113 Å². The molecule has 38 heteroatoms. The second kappa shape index (κ2) is 45.6. The van der Waals surface area contributed by atoms with Gasteiger partial charge in [0.05, 0.1) is 108 Å². The van der Waals surface area contributed by atoms with Crippen molar-refractivity contribution in [3.63, 3.8) is 0 Å². The van der Waals surface area contributed by atoms with E-state index in [2.05, 4.69) is 145 Å². The lowest BCUT2D eigenvalue weighted by Gasteiger charge is -2.14. The highest BCUT2D eigenvalue weighted by atomic mass is 79.9. The molecule has 2 saturated carbocycles. The minimum atomic E-state index is -0.543. The van der Waals surface area contributed by atoms with Gasteiger partial charge in [-0.05, 0) is 160 Å². The molecule has 15 heterocycles. The predicted octanol–water partition coefficient (Wildman–Crippen LogP) is 27.0. The van der Waals surface area contributed by atoms with Crippen LogP contribution in [0.15, 0.2) is 109 Å². The fraction of sp³-hybridized carbons (Fsp3) is 0.388. The van der Waals surface area contributed by atoms with Crippen LogP contribution in [-0.4, -0.2) is 83.4 Å². The van der Waals surface area contributed by atoms with Crippen LogP contribution in [0.4, 0.5) is 37.2 Å². The molecular formula is C85H94Br2Cl6F2N18S10. The first-order chi connectivity index (χ1) is 59.3. The highest BCUT2D eigenvalue weighted by Crippen LogP contribution is 2.52. The van der Waals surface area contributed by atoms with E-state index in [9.17, 15) is 8.78 Å². The lowest BCUT2D eigenvalue weighted by molar-refractivity contribution is 0.428. The molecule has 0 amide bonds. The van der Waals surface area contributed by atoms with Gasteiger partial charge in [0, 0.05) is 149 Å². The number of pyridine rings is 5. The average Bonchev–Trinajstić information content (AvgIpc) is 1.60. The second-order valence-electron chi connectivity index (χ2n) is 30.8. The zero-order valence-corrected chi connectivity index (χ0v) is 83.6. The highest BCUT2D eigenvalue weighted by molar-refractivity contribution is 9.11. The molecule has 0 saturated heterocycles. The Hall–Kier alpha value is -4.80. The molecule has 18 nitrogen and oxygen atoms in total. The highest BCUT2D eigenvalue weighted by Gasteiger charge is 2.34. The van der Waals surface area contributed by atoms with Crippen LogP contribution in [0, 0.1) is 11.8 Å². The minimum absolute atomic E-state index is 0.0905. The molecule has 17 rings (SSSR count). The summed E-state index contributed by atoms with van der Waals surface area (Å²) in [5.74, 6) is 2.32. The molecule has 0 aliphatic heterocycles. The predicted molar refractivity (Wildman–Crippen MR) is 539 cm³/mol. The van der Waals surface area contributed by atoms with Crippen molar-refractivity contribution in [2.24, 2.45) is 40.5 Å². The van der Waals surface area contributed by atoms with Crippen LogP contribution < -0.4 is 55.3 Å². The maximum atomic E-state index is 12.9. The second-order valence-corrected chi connectivity index (χ2v) is 45.2. The SMILES string of the molecule is CC(C)C[C@H](N)Cc1sc2c(NCc3nccs3)cc(Cl)nc2c1C1CC1.CC(C)C[C@H](N)Cc1sc2c(NCc3nccs3)cc(Cl)nc2c1Cl.CC[C@H](N)Cc1sc2c(NCc3nccs3)cc(Cl)nc2c1Br.N[C@@H](CF)Cc1sc2c(NCc3cccs3)cc(Cl)nc2c1Br.N[C@@H](CF)Cc1sc2c(NCc3cccs3)cc(Cl)nc2c1C1CC1. The lowest BCUT2D eigenvalue weighted by Crippen LogP contribution is -2.24. The first kappa shape index (κ1) is 95.8. The topological polar surface area (TPSA) is 293 Å². The van der Waals surface area contributed by atoms with Crippen molar-refractivity contribution in [3.05, 3.63) is 200 Å². The van der Waals surface area contributed by atoms with Gasteiger partial charge >= 0.3 is 0 Å². The van der Waals surface area contributed by atoms with Gasteiger partial charge in [0.25, 0.3) is 0 Å². The minimum Gasteiger partial charge on any atom is -0.379 e. The van der Waals surface area contributed by atoms with E-state index >= 15 is 0 Å². The Balaban J connectivity index is 0.000000132. The summed E-state index contributed by atoms with van der Waals surface area (Å²) in [4.78, 5) is 43.9. The summed E-state index contributed by atoms with van der Waals surface area (Å²) in [7, 11) is 0. The number of alkyl halides is 2. The standard InChI is InChI=1S/C20H25ClN4S2.C18H19ClFN3S2.C17H20Cl2N4S2.C15H14BrClFN3S2.C15H16BrClN4S2/c1-11(2)7-13(22)8-15-18(12-3-4-12)19-20(27-15)14(9-16(21)25-19)24-10-17-23-5-6-26-17;19-15-7-13(22-9-12-2-1-5-24-12)18-17(23-15)16(10-3-4-10)14(25-18)6-11(21)8-20;1-9(2)5-10(20)6-12-15(19)16-17(25-12)11(7-13(18)23-16)22-8-14-21-3-4-24-14;16-13-11(4-8(19)6-18)23-15-10(5-12(17)21-14(13)15)20-7-9-2-1-3-22-9;1-2-8(18)5-10-13(16)14-15(23-10)9(6-11(17)21-14)20-7-12-19-3-4-22-12/h5-6,9,11-13H,3-4,7-8,10,22H2,1-2H3,(H,24,25);1-2,5,7,10-11H,3-4,6,8-9,21H2,(H,22,23);3-4,7,9-10H,5-6,8,20H2,1-2H3,(H,22,23);1-3,5,8H,4,6-7,19H2,(H,20,21);3-4,6,8H,2,5,7,18H2,1H3,(H,20,21)/t13-;11-;10-;2*8-/m01010/s1. The number of anilines is 5. The third kappa shape index (κ3) is 26.3. The van der Waals surface area contributed by atoms with Gasteiger partial charge in [-0.2, -0.15) is 0 Å². The molecule has 654 valence electrons. The van der Waals surface area contributed by atoms with Crippen molar-refractivity contribution in [3.8, 4) is 0 Å². The number of thiophene rings is 7. The van der Waals surface area contributed by atoms with E-state index < -0.39 is 25.4 Å². The maximum absolute atomic E-state index is 12.9. The van der Waals surface area contributed by atoms with Crippen LogP contribution in [0.25, 0.3) is 51.1 Å². The number of thiazole rings is 3. The largest absolute Gasteiger partial charge is 0.379 e. The molecule has 15 aromatic rings. The number of aromatic nitrogens is 8. The normalized spacial score (nSPS) is 14.0. The summed E-state index contributed by atoms with van der Waals surface area (Å²) in [6, 6.07) is 17.1. The summed E-state index contributed by atoms with van der Waals surface area (Å²) in [5.41, 5.74) is 42.4. The fourth-order valence-corrected chi connectivity index (χ4v) is 26.3. The molecule has 2 fully saturated rings. The van der Waals surface area contributed by atoms with Gasteiger partial charge in [-0.3, -0.25) is 0 Å². The Kier molecular flexibility index (Phi) is 35.5. The smallest absolute Gasteiger partial charge is 0.131 e. The number of fused-ring (bicyclic) bond motifs is 5. The van der Waals surface area contributed by atoms with Gasteiger partial charge in [0.1, 0.15) is 59.7 Å². The monoisotopic (exact) mass is 2090 g/mol. The molecule has 123 heavy (non-hydrogen) atoms. The number of hydrogen-bond acceptors (Lipinski definition) is 28. The Morgan fingerprint density at radius 2 is 0.707 bits per heavy atom. The van der Waals surface area contributed by atoms with Crippen molar-refractivity contribution in [1.29, 1.82) is 0 Å². The molecule has 0 aromatic carbocycles. The number of nitrogens with one attached hydrogen (secondary N) is 5. The van der Waals surface area contributed by atoms with Crippen molar-refractivity contribution in [1.82, 2.24) is 39.9 Å². The van der Waals surface area contributed by atoms with E-state index in [1.165, 1.54) is 48.2 Å². The van der Waals surface area contributed by atoms with Gasteiger partial charge in [-0.25, -0.2) is 48.7 Å². The molecule has 15 aromatic heterocycles. The van der Waals surface area contributed by atoms with E-state index in [-0.39, 0.29) is 18.1 Å². The summed E-state index contributed by atoms with van der Waals surface area (Å²) >= 11 is 61.8. The van der Waals surface area contributed by atoms with E-state index in [1.807, 2.05) is 87.7 Å². The van der Waals surface area contributed by atoms with Crippen LogP contribution in [0.5, 0.6) is 0 Å². The van der Waals surface area contributed by atoms with Crippen LogP contribution in [0.2, 0.25) is 30.8 Å². The number of nitrogens with zero attached hydrogens (tertiary/aromatic N) is 8. The van der Waals surface area contributed by atoms with Gasteiger partial charge in [-0.1, -0.05) is 116 Å². The Labute approximate surface area is 801 Å². The van der Waals surface area contributed by atoms with E-state index in [4.69, 9.17) is 103 Å². The van der Waals surface area contributed by atoms with Crippen molar-refractivity contribution >= 4 is 294 Å². The summed E-state index contributed by atoms with van der Waals surface area (Å²) in [6.07, 6.45) is 16.8. The molecule has 0 radical (unpaired) electrons. The molecule has 0 bridgehead atoms. The molecule has 5 atom stereocenters. The molecular weight excluding hydrogens is 2000 g/mol. The molecule has 15 N–H and O–H groups in total. The fourth-order valence-electron chi connectivity index (χ4n) is 13.8. The first-order valence-corrected chi connectivity index (χ1v) is 52.4. The van der Waals surface area contributed by atoms with Crippen molar-refractivity contribution in [2.75, 3.05) is 39.9 Å². The van der Waals surface area contributed by atoms with Crippen LogP contribution >= 0.6 is 215 Å². The Morgan fingerprint density at radius 3 is 1.04 bits per heavy atom. The lowest BCUT2D eigenvalue weighted by atomic mass is 9.98. The van der Waals surface area contributed by atoms with Crippen LogP contribution in [0.1, 0.15) is 152 Å². The van der Waals surface area contributed by atoms with E-state index in [1.54, 1.807) is 108 Å². The zero-order chi connectivity index (χ0) is 87.1. The number of hydrogen-bond donors (Lipinski definition) is 10. The number of rotatable bonds is 34. The van der Waals surface area contributed by atoms with Gasteiger partial charge in [0.2, 0.25) is 0 Å². The summed E-state index contributed by atoms with van der Waals surface area (Å²) in [5, 5.41) is 33.4. The average molecular weight is 2100 g/mol. The Morgan fingerprint density at radius 1 is 0.398 bits per heavy atom. The molecule has 0 spiro atoms. The van der Waals surface area contributed by atoms with Crippen molar-refractivity contribution < 1.29 is 8.78 Å². The zero-order valence-electron chi connectivity index (χ0n) is 67.8. The van der Waals surface area contributed by atoms with Gasteiger partial charge < -0.3 is 55.3 Å². The number of nitrogens with two attached hydrogens (primary N) is 5. The maximum Gasteiger partial charge on any atom is 0.131 e. The molecule has 0 unspecified atom stereocenters. The quantitative estimate of drug-likeness (QED) is 0.0168. The third-order valence-corrected chi connectivity index (χ3v) is 33.8. The summed E-state index contributed by atoms with van der Waals surface area (Å²) < 4.78 is 32.9. The van der Waals surface area contributed by atoms with Gasteiger partial charge in [0.15, 0.2) is 0 Å². The van der Waals surface area contributed by atoms with Crippen molar-refractivity contribution in [2.45, 2.75) is 186 Å². The third-order valence-electron chi connectivity index (χ3n) is 19.8. The van der Waals surface area contributed by atoms with Crippen LogP contribution in [0.3, 0.4) is 0 Å². The Bertz CT molecular complexity index is 5770. The van der Waals surface area contributed by atoms with Crippen LogP contribution in [-0.2, 0) is 64.8 Å². The summed E-state index contributed by atoms with van der Waals surface area (Å²) in [6.45, 7) is 13.4. The van der Waals surface area contributed by atoms with E-state index in [0.29, 0.717) is 86.9 Å². The number of halogens is 10.